The molecule has 0 aliphatic carbocycles. The molecule has 0 radical (unpaired) electrons. The van der Waals surface area contributed by atoms with Crippen LogP contribution in [0.25, 0.3) is 10.1 Å². The highest BCUT2D eigenvalue weighted by molar-refractivity contribution is 7.13. The highest BCUT2D eigenvalue weighted by Crippen LogP contribution is 2.25. The molecule has 7 nitrogen and oxygen atoms in total. The van der Waals surface area contributed by atoms with E-state index in [1.807, 2.05) is 24.3 Å². The van der Waals surface area contributed by atoms with E-state index in [1.54, 1.807) is 18.2 Å². The van der Waals surface area contributed by atoms with Gasteiger partial charge in [0.1, 0.15) is 5.82 Å². The average molecular weight is 356 g/mol. The lowest BCUT2D eigenvalue weighted by Gasteiger charge is -2.10. The predicted molar refractivity (Wildman–Crippen MR) is 98.5 cm³/mol. The van der Waals surface area contributed by atoms with Crippen LogP contribution in [0.4, 0.5) is 16.3 Å². The third kappa shape index (κ3) is 4.04. The van der Waals surface area contributed by atoms with Gasteiger partial charge in [-0.15, -0.1) is 0 Å². The molecule has 0 aliphatic heterocycles. The molecule has 2 amide bonds. The number of amides is 2. The van der Waals surface area contributed by atoms with Gasteiger partial charge in [0, 0.05) is 18.5 Å². The van der Waals surface area contributed by atoms with Crippen molar-refractivity contribution in [2.24, 2.45) is 0 Å². The zero-order chi connectivity index (χ0) is 17.6. The molecule has 1 aromatic heterocycles. The Bertz CT molecular complexity index is 910. The fraction of sp³-hybridized carbons (Fsp3) is 0.118. The number of nitrogens with one attached hydrogen (secondary N) is 3. The van der Waals surface area contributed by atoms with Crippen LogP contribution in [-0.2, 0) is 0 Å². The summed E-state index contributed by atoms with van der Waals surface area (Å²) >= 11 is 1.42. The number of hydrogen-bond donors (Lipinski definition) is 4. The highest BCUT2D eigenvalue weighted by Gasteiger charge is 2.11. The molecule has 8 heteroatoms. The van der Waals surface area contributed by atoms with Crippen LogP contribution in [0.5, 0.6) is 0 Å². The number of carboxylic acid groups (broad SMARTS) is 1. The summed E-state index contributed by atoms with van der Waals surface area (Å²) in [4.78, 5) is 23.0. The smallest absolute Gasteiger partial charge is 0.337 e. The molecule has 0 bridgehead atoms. The lowest BCUT2D eigenvalue weighted by atomic mass is 10.2. The van der Waals surface area contributed by atoms with Gasteiger partial charge in [0.05, 0.1) is 16.0 Å². The maximum atomic E-state index is 11.9. The standard InChI is InChI=1S/C17H16N4O3S/c22-16(23)11-5-1-3-7-13(11)20-17(24)19-10-9-18-15-12-6-2-4-8-14(12)25-21-15/h1-8H,9-10H2,(H,18,21)(H,22,23)(H2,19,20,24). The van der Waals surface area contributed by atoms with Crippen LogP contribution in [0.15, 0.2) is 48.5 Å². The van der Waals surface area contributed by atoms with Crippen molar-refractivity contribution in [2.75, 3.05) is 23.7 Å². The van der Waals surface area contributed by atoms with E-state index in [0.717, 1.165) is 15.9 Å². The predicted octanol–water partition coefficient (Wildman–Crippen LogP) is 3.23. The molecule has 1 heterocycles. The summed E-state index contributed by atoms with van der Waals surface area (Å²) in [6.45, 7) is 0.870. The molecule has 2 aromatic carbocycles. The van der Waals surface area contributed by atoms with Gasteiger partial charge in [0.15, 0.2) is 0 Å². The Morgan fingerprint density at radius 3 is 2.64 bits per heavy atom. The van der Waals surface area contributed by atoms with Crippen molar-refractivity contribution >= 4 is 45.1 Å². The summed E-state index contributed by atoms with van der Waals surface area (Å²) < 4.78 is 5.45. The van der Waals surface area contributed by atoms with E-state index in [0.29, 0.717) is 13.1 Å². The van der Waals surface area contributed by atoms with Gasteiger partial charge >= 0.3 is 12.0 Å². The second kappa shape index (κ2) is 7.63. The molecule has 0 saturated carbocycles. The topological polar surface area (TPSA) is 103 Å². The molecule has 0 unspecified atom stereocenters. The number of anilines is 2. The number of benzene rings is 2. The lowest BCUT2D eigenvalue weighted by molar-refractivity contribution is 0.0698. The van der Waals surface area contributed by atoms with Gasteiger partial charge in [-0.3, -0.25) is 0 Å². The number of nitrogens with zero attached hydrogens (tertiary/aromatic N) is 1. The molecule has 0 fully saturated rings. The van der Waals surface area contributed by atoms with Crippen LogP contribution in [0.2, 0.25) is 0 Å². The Morgan fingerprint density at radius 2 is 1.80 bits per heavy atom. The first-order valence-electron chi connectivity index (χ1n) is 7.60. The Labute approximate surface area is 147 Å². The summed E-state index contributed by atoms with van der Waals surface area (Å²) in [7, 11) is 0. The van der Waals surface area contributed by atoms with Crippen LogP contribution in [0.3, 0.4) is 0 Å². The largest absolute Gasteiger partial charge is 0.478 e. The second-order valence-corrected chi connectivity index (χ2v) is 5.99. The molecule has 3 rings (SSSR count). The number of carbonyl (C=O) groups excluding carboxylic acids is 1. The van der Waals surface area contributed by atoms with Gasteiger partial charge in [-0.25, -0.2) is 9.59 Å². The fourth-order valence-corrected chi connectivity index (χ4v) is 3.07. The van der Waals surface area contributed by atoms with Crippen molar-refractivity contribution in [2.45, 2.75) is 0 Å². The van der Waals surface area contributed by atoms with E-state index in [2.05, 4.69) is 20.3 Å². The van der Waals surface area contributed by atoms with Gasteiger partial charge in [-0.05, 0) is 35.8 Å². The Hall–Kier alpha value is -3.13. The Morgan fingerprint density at radius 1 is 1.04 bits per heavy atom. The number of urea groups is 1. The molecule has 4 N–H and O–H groups in total. The maximum Gasteiger partial charge on any atom is 0.337 e. The zero-order valence-electron chi connectivity index (χ0n) is 13.2. The van der Waals surface area contributed by atoms with Crippen molar-refractivity contribution < 1.29 is 14.7 Å². The van der Waals surface area contributed by atoms with Crippen molar-refractivity contribution in [1.29, 1.82) is 0 Å². The molecule has 0 atom stereocenters. The van der Waals surface area contributed by atoms with Crippen LogP contribution < -0.4 is 16.0 Å². The first-order chi connectivity index (χ1) is 12.1. The number of hydrogen-bond acceptors (Lipinski definition) is 5. The zero-order valence-corrected chi connectivity index (χ0v) is 14.0. The van der Waals surface area contributed by atoms with Crippen molar-refractivity contribution in [3.8, 4) is 0 Å². The number of aromatic nitrogens is 1. The first kappa shape index (κ1) is 16.7. The van der Waals surface area contributed by atoms with Gasteiger partial charge in [0.25, 0.3) is 0 Å². The molecule has 25 heavy (non-hydrogen) atoms. The quantitative estimate of drug-likeness (QED) is 0.508. The summed E-state index contributed by atoms with van der Waals surface area (Å²) in [5.74, 6) is -0.299. The highest BCUT2D eigenvalue weighted by atomic mass is 32.1. The molecule has 0 spiro atoms. The van der Waals surface area contributed by atoms with E-state index in [9.17, 15) is 9.59 Å². The number of aromatic carboxylic acids is 1. The van der Waals surface area contributed by atoms with Crippen LogP contribution in [-0.4, -0.2) is 34.6 Å². The van der Waals surface area contributed by atoms with Gasteiger partial charge in [-0.1, -0.05) is 24.3 Å². The van der Waals surface area contributed by atoms with Gasteiger partial charge in [0.2, 0.25) is 0 Å². The minimum Gasteiger partial charge on any atom is -0.478 e. The molecule has 0 aliphatic rings. The van der Waals surface area contributed by atoms with E-state index < -0.39 is 12.0 Å². The fourth-order valence-electron chi connectivity index (χ4n) is 2.32. The van der Waals surface area contributed by atoms with Crippen LogP contribution >= 0.6 is 11.5 Å². The normalized spacial score (nSPS) is 10.4. The minimum atomic E-state index is -1.09. The van der Waals surface area contributed by atoms with Crippen LogP contribution in [0.1, 0.15) is 10.4 Å². The molecule has 3 aromatic rings. The molecule has 0 saturated heterocycles. The Balaban J connectivity index is 1.49. The van der Waals surface area contributed by atoms with Gasteiger partial charge in [-0.2, -0.15) is 4.37 Å². The molecular formula is C17H16N4O3S. The van der Waals surface area contributed by atoms with E-state index in [4.69, 9.17) is 5.11 Å². The number of rotatable bonds is 6. The average Bonchev–Trinajstić information content (AvgIpc) is 3.02. The Kier molecular flexibility index (Phi) is 5.10. The molecule has 128 valence electrons. The van der Waals surface area contributed by atoms with E-state index >= 15 is 0 Å². The lowest BCUT2D eigenvalue weighted by Crippen LogP contribution is -2.33. The monoisotopic (exact) mass is 356 g/mol. The summed E-state index contributed by atoms with van der Waals surface area (Å²) in [5.41, 5.74) is 0.302. The SMILES string of the molecule is O=C(NCCNc1nsc2ccccc12)Nc1ccccc1C(=O)O. The van der Waals surface area contributed by atoms with Crippen molar-refractivity contribution in [1.82, 2.24) is 9.69 Å². The minimum absolute atomic E-state index is 0.0460. The number of para-hydroxylation sites is 1. The number of carbonyl (C=O) groups is 2. The summed E-state index contributed by atoms with van der Waals surface area (Å²) in [6.07, 6.45) is 0. The van der Waals surface area contributed by atoms with E-state index in [-0.39, 0.29) is 11.3 Å². The van der Waals surface area contributed by atoms with Crippen molar-refractivity contribution in [3.63, 3.8) is 0 Å². The van der Waals surface area contributed by atoms with E-state index in [1.165, 1.54) is 17.6 Å². The summed E-state index contributed by atoms with van der Waals surface area (Å²) in [6, 6.07) is 13.7. The van der Waals surface area contributed by atoms with Gasteiger partial charge < -0.3 is 21.1 Å². The number of carboxylic acids is 1. The molecular weight excluding hydrogens is 340 g/mol. The van der Waals surface area contributed by atoms with Crippen molar-refractivity contribution in [3.05, 3.63) is 54.1 Å². The summed E-state index contributed by atoms with van der Waals surface area (Å²) in [5, 5.41) is 18.5. The van der Waals surface area contributed by atoms with Crippen LogP contribution in [0, 0.1) is 0 Å². The third-order valence-electron chi connectivity index (χ3n) is 3.49. The second-order valence-electron chi connectivity index (χ2n) is 5.19. The first-order valence-corrected chi connectivity index (χ1v) is 8.38. The third-order valence-corrected chi connectivity index (χ3v) is 4.31. The number of fused-ring (bicyclic) bond motifs is 1. The maximum absolute atomic E-state index is 11.9.